The van der Waals surface area contributed by atoms with E-state index in [0.717, 1.165) is 11.4 Å². The average molecular weight is 427 g/mol. The number of carbonyl (C=O) groups excluding carboxylic acids is 2. The first-order valence-electron chi connectivity index (χ1n) is 9.92. The molecule has 0 spiro atoms. The average Bonchev–Trinajstić information content (AvgIpc) is 3.43. The molecule has 2 N–H and O–H groups in total. The van der Waals surface area contributed by atoms with Crippen LogP contribution in [0.4, 0.5) is 5.69 Å². The molecule has 0 atom stereocenters. The predicted molar refractivity (Wildman–Crippen MR) is 120 cm³/mol. The molecule has 0 radical (unpaired) electrons. The number of benzene rings is 1. The van der Waals surface area contributed by atoms with Gasteiger partial charge in [0.05, 0.1) is 23.8 Å². The fourth-order valence-electron chi connectivity index (χ4n) is 3.10. The van der Waals surface area contributed by atoms with Crippen molar-refractivity contribution in [2.75, 3.05) is 5.32 Å². The van der Waals surface area contributed by atoms with Crippen LogP contribution in [0.25, 0.3) is 11.9 Å². The lowest BCUT2D eigenvalue weighted by Gasteiger charge is -2.11. The number of anilines is 1. The molecule has 4 aromatic rings. The third-order valence-electron chi connectivity index (χ3n) is 4.59. The number of hydrogen-bond acceptors (Lipinski definition) is 5. The Morgan fingerprint density at radius 1 is 1.03 bits per heavy atom. The quantitative estimate of drug-likeness (QED) is 0.455. The van der Waals surface area contributed by atoms with Crippen molar-refractivity contribution in [3.05, 3.63) is 102 Å². The Kier molecular flexibility index (Phi) is 5.94. The van der Waals surface area contributed by atoms with Gasteiger partial charge in [0.1, 0.15) is 11.5 Å². The highest BCUT2D eigenvalue weighted by Gasteiger charge is 2.16. The number of carbonyl (C=O) groups is 2. The minimum Gasteiger partial charge on any atom is -0.465 e. The zero-order chi connectivity index (χ0) is 22.5. The summed E-state index contributed by atoms with van der Waals surface area (Å²) in [6, 6.07) is 17.5. The first-order chi connectivity index (χ1) is 15.5. The zero-order valence-electron chi connectivity index (χ0n) is 17.6. The molecule has 0 unspecified atom stereocenters. The van der Waals surface area contributed by atoms with Crippen LogP contribution in [0.15, 0.2) is 83.2 Å². The third-order valence-corrected chi connectivity index (χ3v) is 4.59. The molecule has 0 aliphatic heterocycles. The van der Waals surface area contributed by atoms with E-state index in [1.165, 1.54) is 18.5 Å². The highest BCUT2D eigenvalue weighted by molar-refractivity contribution is 6.10. The van der Waals surface area contributed by atoms with E-state index >= 15 is 0 Å². The lowest BCUT2D eigenvalue weighted by Crippen LogP contribution is -2.30. The van der Waals surface area contributed by atoms with Crippen molar-refractivity contribution in [2.45, 2.75) is 13.8 Å². The second-order valence-electron chi connectivity index (χ2n) is 7.09. The Labute approximate surface area is 184 Å². The van der Waals surface area contributed by atoms with Gasteiger partial charge < -0.3 is 15.1 Å². The summed E-state index contributed by atoms with van der Waals surface area (Å²) in [5, 5.41) is 9.81. The number of amides is 2. The molecular formula is C24H21N5O3. The molecule has 0 fully saturated rings. The number of hydrogen-bond donors (Lipinski definition) is 2. The van der Waals surface area contributed by atoms with Gasteiger partial charge in [-0.25, -0.2) is 9.67 Å². The van der Waals surface area contributed by atoms with Crippen LogP contribution in [0, 0.1) is 13.8 Å². The largest absolute Gasteiger partial charge is 0.465 e. The Hall–Kier alpha value is -4.46. The number of aryl methyl sites for hydroxylation is 2. The van der Waals surface area contributed by atoms with Crippen LogP contribution in [0.5, 0.6) is 0 Å². The lowest BCUT2D eigenvalue weighted by molar-refractivity contribution is -0.113. The topological polar surface area (TPSA) is 102 Å². The van der Waals surface area contributed by atoms with Gasteiger partial charge in [0, 0.05) is 17.3 Å². The minimum atomic E-state index is -0.508. The molecule has 0 aliphatic rings. The summed E-state index contributed by atoms with van der Waals surface area (Å²) in [7, 11) is 0. The molecule has 8 nitrogen and oxygen atoms in total. The first-order valence-corrected chi connectivity index (χ1v) is 9.92. The van der Waals surface area contributed by atoms with Crippen LogP contribution >= 0.6 is 0 Å². The molecule has 4 rings (SSSR count). The van der Waals surface area contributed by atoms with Crippen LogP contribution in [-0.2, 0) is 4.79 Å². The summed E-state index contributed by atoms with van der Waals surface area (Å²) in [4.78, 5) is 29.9. The number of nitrogens with zero attached hydrogens (tertiary/aromatic N) is 3. The summed E-state index contributed by atoms with van der Waals surface area (Å²) >= 11 is 0. The number of pyridine rings is 1. The molecule has 3 aromatic heterocycles. The van der Waals surface area contributed by atoms with Gasteiger partial charge in [0.25, 0.3) is 11.8 Å². The van der Waals surface area contributed by atoms with Crippen molar-refractivity contribution in [1.29, 1.82) is 0 Å². The lowest BCUT2D eigenvalue weighted by atomic mass is 10.2. The van der Waals surface area contributed by atoms with Gasteiger partial charge in [-0.05, 0) is 56.3 Å². The molecule has 8 heteroatoms. The normalized spacial score (nSPS) is 11.2. The molecule has 0 aliphatic carbocycles. The molecule has 2 amide bonds. The highest BCUT2D eigenvalue weighted by atomic mass is 16.3. The van der Waals surface area contributed by atoms with Crippen molar-refractivity contribution in [3.8, 4) is 5.82 Å². The van der Waals surface area contributed by atoms with Gasteiger partial charge in [0.2, 0.25) is 0 Å². The van der Waals surface area contributed by atoms with Gasteiger partial charge in [-0.2, -0.15) is 5.10 Å². The number of nitrogens with one attached hydrogen (secondary N) is 2. The van der Waals surface area contributed by atoms with Gasteiger partial charge >= 0.3 is 0 Å². The summed E-state index contributed by atoms with van der Waals surface area (Å²) in [6.07, 6.45) is 4.49. The van der Waals surface area contributed by atoms with Crippen LogP contribution in [-0.4, -0.2) is 26.6 Å². The van der Waals surface area contributed by atoms with Crippen LogP contribution in [0.2, 0.25) is 0 Å². The van der Waals surface area contributed by atoms with Gasteiger partial charge in [-0.3, -0.25) is 9.59 Å². The smallest absolute Gasteiger partial charge is 0.272 e. The fourth-order valence-corrected chi connectivity index (χ4v) is 3.10. The van der Waals surface area contributed by atoms with E-state index in [0.29, 0.717) is 22.8 Å². The third kappa shape index (κ3) is 4.81. The van der Waals surface area contributed by atoms with E-state index in [1.54, 1.807) is 53.2 Å². The Balaban J connectivity index is 1.53. The monoisotopic (exact) mass is 427 g/mol. The van der Waals surface area contributed by atoms with Crippen molar-refractivity contribution in [1.82, 2.24) is 20.1 Å². The van der Waals surface area contributed by atoms with Crippen molar-refractivity contribution in [2.24, 2.45) is 0 Å². The van der Waals surface area contributed by atoms with Crippen molar-refractivity contribution in [3.63, 3.8) is 0 Å². The van der Waals surface area contributed by atoms with Gasteiger partial charge in [-0.1, -0.05) is 18.2 Å². The summed E-state index contributed by atoms with van der Waals surface area (Å²) in [5.41, 5.74) is 2.79. The van der Waals surface area contributed by atoms with Crippen molar-refractivity contribution < 1.29 is 14.0 Å². The van der Waals surface area contributed by atoms with E-state index < -0.39 is 11.8 Å². The number of furan rings is 1. The molecule has 0 bridgehead atoms. The second-order valence-corrected chi connectivity index (χ2v) is 7.09. The maximum absolute atomic E-state index is 12.9. The Morgan fingerprint density at radius 3 is 2.47 bits per heavy atom. The maximum Gasteiger partial charge on any atom is 0.272 e. The standard InChI is InChI=1S/C24H21N5O3/c1-16-13-17(2)29(28-16)22-11-10-19(15-25-22)26-24(31)21(14-20-9-6-12-32-20)27-23(30)18-7-4-3-5-8-18/h3-15H,1-2H3,(H,26,31)(H,27,30)/b21-14-. The second kappa shape index (κ2) is 9.13. The molecular weight excluding hydrogens is 406 g/mol. The molecule has 0 saturated heterocycles. The predicted octanol–water partition coefficient (Wildman–Crippen LogP) is 3.89. The SMILES string of the molecule is Cc1cc(C)n(-c2ccc(NC(=O)/C(=C/c3ccco3)NC(=O)c3ccccc3)cn2)n1. The molecule has 0 saturated carbocycles. The van der Waals surface area contributed by atoms with Crippen molar-refractivity contribution >= 4 is 23.6 Å². The zero-order valence-corrected chi connectivity index (χ0v) is 17.6. The van der Waals surface area contributed by atoms with E-state index in [4.69, 9.17) is 4.42 Å². The number of aromatic nitrogens is 3. The summed E-state index contributed by atoms with van der Waals surface area (Å²) < 4.78 is 7.03. The fraction of sp³-hybridized carbons (Fsp3) is 0.0833. The van der Waals surface area contributed by atoms with E-state index in [-0.39, 0.29) is 5.70 Å². The Bertz CT molecular complexity index is 1260. The maximum atomic E-state index is 12.9. The molecule has 32 heavy (non-hydrogen) atoms. The van der Waals surface area contributed by atoms with Crippen LogP contribution in [0.3, 0.4) is 0 Å². The highest BCUT2D eigenvalue weighted by Crippen LogP contribution is 2.14. The van der Waals surface area contributed by atoms with Gasteiger partial charge in [-0.15, -0.1) is 0 Å². The molecule has 160 valence electrons. The number of rotatable bonds is 6. The molecule has 1 aromatic carbocycles. The minimum absolute atomic E-state index is 0.0384. The van der Waals surface area contributed by atoms with E-state index in [2.05, 4.69) is 20.7 Å². The van der Waals surface area contributed by atoms with Crippen LogP contribution < -0.4 is 10.6 Å². The Morgan fingerprint density at radius 2 is 1.84 bits per heavy atom. The summed E-state index contributed by atoms with van der Waals surface area (Å²) in [6.45, 7) is 3.85. The van der Waals surface area contributed by atoms with Crippen LogP contribution in [0.1, 0.15) is 27.5 Å². The van der Waals surface area contributed by atoms with E-state index in [1.807, 2.05) is 26.0 Å². The molecule has 3 heterocycles. The summed E-state index contributed by atoms with van der Waals surface area (Å²) in [5.74, 6) is 0.154. The van der Waals surface area contributed by atoms with E-state index in [9.17, 15) is 9.59 Å². The van der Waals surface area contributed by atoms with Gasteiger partial charge in [0.15, 0.2) is 5.82 Å². The first kappa shape index (κ1) is 20.8.